The standard InChI is InChI=1S/C12H9ClN4O2S/c13-9-3-7(4-14)1-2-10(9)19-5-8-6-20-12(16-8)11(18)17-15/h1-3,6H,5,15H2,(H,17,18). The molecule has 1 aromatic heterocycles. The Morgan fingerprint density at radius 3 is 3.05 bits per heavy atom. The maximum absolute atomic E-state index is 11.2. The second-order valence-corrected chi connectivity index (χ2v) is 4.93. The Morgan fingerprint density at radius 1 is 1.60 bits per heavy atom. The SMILES string of the molecule is N#Cc1ccc(OCc2csc(C(=O)NN)n2)c(Cl)c1. The summed E-state index contributed by atoms with van der Waals surface area (Å²) in [7, 11) is 0. The molecule has 1 heterocycles. The lowest BCUT2D eigenvalue weighted by molar-refractivity contribution is 0.0953. The Morgan fingerprint density at radius 2 is 2.40 bits per heavy atom. The van der Waals surface area contributed by atoms with Crippen LogP contribution in [0.5, 0.6) is 5.75 Å². The van der Waals surface area contributed by atoms with Crippen LogP contribution in [0.15, 0.2) is 23.6 Å². The van der Waals surface area contributed by atoms with Crippen LogP contribution in [-0.4, -0.2) is 10.9 Å². The smallest absolute Gasteiger partial charge is 0.294 e. The highest BCUT2D eigenvalue weighted by molar-refractivity contribution is 7.11. The van der Waals surface area contributed by atoms with Crippen LogP contribution in [0.4, 0.5) is 0 Å². The van der Waals surface area contributed by atoms with E-state index >= 15 is 0 Å². The van der Waals surface area contributed by atoms with Crippen molar-refractivity contribution in [1.29, 1.82) is 5.26 Å². The number of carbonyl (C=O) groups excluding carboxylic acids is 1. The minimum Gasteiger partial charge on any atom is -0.486 e. The van der Waals surface area contributed by atoms with Gasteiger partial charge in [0, 0.05) is 5.38 Å². The van der Waals surface area contributed by atoms with Crippen LogP contribution in [0, 0.1) is 11.3 Å². The predicted octanol–water partition coefficient (Wildman–Crippen LogP) is 1.85. The Labute approximate surface area is 123 Å². The van der Waals surface area contributed by atoms with Crippen molar-refractivity contribution in [3.05, 3.63) is 44.9 Å². The van der Waals surface area contributed by atoms with E-state index in [0.29, 0.717) is 22.0 Å². The van der Waals surface area contributed by atoms with Gasteiger partial charge in [-0.05, 0) is 18.2 Å². The Hall–Kier alpha value is -2.14. The fourth-order valence-electron chi connectivity index (χ4n) is 1.38. The second kappa shape index (κ2) is 6.34. The number of rotatable bonds is 4. The number of ether oxygens (including phenoxy) is 1. The molecule has 0 aliphatic heterocycles. The Balaban J connectivity index is 2.04. The molecular formula is C12H9ClN4O2S. The minimum absolute atomic E-state index is 0.167. The van der Waals surface area contributed by atoms with E-state index < -0.39 is 5.91 Å². The topological polar surface area (TPSA) is 101 Å². The number of nitrogens with zero attached hydrogens (tertiary/aromatic N) is 2. The Bertz CT molecular complexity index is 680. The fourth-order valence-corrected chi connectivity index (χ4v) is 2.32. The van der Waals surface area contributed by atoms with E-state index in [0.717, 1.165) is 0 Å². The number of hydrazine groups is 1. The molecule has 0 saturated heterocycles. The molecule has 0 unspecified atom stereocenters. The lowest BCUT2D eigenvalue weighted by Gasteiger charge is -2.06. The predicted molar refractivity (Wildman–Crippen MR) is 74.3 cm³/mol. The summed E-state index contributed by atoms with van der Waals surface area (Å²) in [6.45, 7) is 0.167. The molecule has 0 bridgehead atoms. The van der Waals surface area contributed by atoms with E-state index in [1.54, 1.807) is 17.5 Å². The molecule has 6 nitrogen and oxygen atoms in total. The van der Waals surface area contributed by atoms with Crippen molar-refractivity contribution in [3.8, 4) is 11.8 Å². The number of nitrogen functional groups attached to an aromatic ring is 1. The number of hydrogen-bond acceptors (Lipinski definition) is 6. The molecule has 2 rings (SSSR count). The van der Waals surface area contributed by atoms with Crippen LogP contribution in [0.3, 0.4) is 0 Å². The third-order valence-electron chi connectivity index (χ3n) is 2.31. The summed E-state index contributed by atoms with van der Waals surface area (Å²) < 4.78 is 5.49. The molecule has 0 aliphatic rings. The zero-order valence-corrected chi connectivity index (χ0v) is 11.7. The molecule has 0 aliphatic carbocycles. The van der Waals surface area contributed by atoms with Gasteiger partial charge in [-0.3, -0.25) is 10.2 Å². The zero-order valence-electron chi connectivity index (χ0n) is 10.1. The maximum atomic E-state index is 11.2. The highest BCUT2D eigenvalue weighted by Crippen LogP contribution is 2.26. The molecular weight excluding hydrogens is 300 g/mol. The first-order valence-electron chi connectivity index (χ1n) is 5.42. The summed E-state index contributed by atoms with van der Waals surface area (Å²) in [5.41, 5.74) is 3.05. The first-order valence-corrected chi connectivity index (χ1v) is 6.67. The molecule has 1 aromatic carbocycles. The van der Waals surface area contributed by atoms with Gasteiger partial charge in [0.15, 0.2) is 5.01 Å². The molecule has 1 amide bonds. The molecule has 0 spiro atoms. The van der Waals surface area contributed by atoms with Crippen molar-refractivity contribution in [2.24, 2.45) is 5.84 Å². The molecule has 20 heavy (non-hydrogen) atoms. The van der Waals surface area contributed by atoms with Crippen molar-refractivity contribution < 1.29 is 9.53 Å². The highest BCUT2D eigenvalue weighted by atomic mass is 35.5. The van der Waals surface area contributed by atoms with Crippen molar-refractivity contribution >= 4 is 28.8 Å². The van der Waals surface area contributed by atoms with Gasteiger partial charge in [-0.25, -0.2) is 10.8 Å². The third-order valence-corrected chi connectivity index (χ3v) is 3.50. The molecule has 0 atom stereocenters. The van der Waals surface area contributed by atoms with Gasteiger partial charge >= 0.3 is 0 Å². The molecule has 102 valence electrons. The van der Waals surface area contributed by atoms with Crippen LogP contribution >= 0.6 is 22.9 Å². The number of nitrogens with two attached hydrogens (primary N) is 1. The number of amides is 1. The number of nitriles is 1. The quantitative estimate of drug-likeness (QED) is 0.510. The second-order valence-electron chi connectivity index (χ2n) is 3.66. The molecule has 3 N–H and O–H groups in total. The largest absolute Gasteiger partial charge is 0.486 e. The van der Waals surface area contributed by atoms with E-state index in [1.807, 2.05) is 11.5 Å². The number of benzene rings is 1. The lowest BCUT2D eigenvalue weighted by Crippen LogP contribution is -2.29. The van der Waals surface area contributed by atoms with Crippen LogP contribution in [0.25, 0.3) is 0 Å². The van der Waals surface area contributed by atoms with Gasteiger partial charge in [-0.15, -0.1) is 11.3 Å². The summed E-state index contributed by atoms with van der Waals surface area (Å²) >= 11 is 7.15. The highest BCUT2D eigenvalue weighted by Gasteiger charge is 2.10. The number of aromatic nitrogens is 1. The zero-order chi connectivity index (χ0) is 14.5. The van der Waals surface area contributed by atoms with E-state index in [1.165, 1.54) is 17.4 Å². The first kappa shape index (κ1) is 14.3. The average molecular weight is 309 g/mol. The van der Waals surface area contributed by atoms with Crippen molar-refractivity contribution in [1.82, 2.24) is 10.4 Å². The lowest BCUT2D eigenvalue weighted by atomic mass is 10.2. The van der Waals surface area contributed by atoms with Gasteiger partial charge < -0.3 is 4.74 Å². The number of nitrogens with one attached hydrogen (secondary N) is 1. The van der Waals surface area contributed by atoms with Crippen LogP contribution in [-0.2, 0) is 6.61 Å². The molecule has 0 radical (unpaired) electrons. The Kier molecular flexibility index (Phi) is 4.53. The first-order chi connectivity index (χ1) is 9.63. The summed E-state index contributed by atoms with van der Waals surface area (Å²) in [5, 5.41) is 11.0. The maximum Gasteiger partial charge on any atom is 0.294 e. The van der Waals surface area contributed by atoms with E-state index in [9.17, 15) is 4.79 Å². The average Bonchev–Trinajstić information content (AvgIpc) is 2.94. The number of hydrogen-bond donors (Lipinski definition) is 2. The normalized spacial score (nSPS) is 9.85. The number of thiazole rings is 1. The minimum atomic E-state index is -0.447. The number of halogens is 1. The van der Waals surface area contributed by atoms with Crippen LogP contribution < -0.4 is 16.0 Å². The van der Waals surface area contributed by atoms with Crippen LogP contribution in [0.1, 0.15) is 21.1 Å². The van der Waals surface area contributed by atoms with Gasteiger partial charge in [-0.2, -0.15) is 5.26 Å². The van der Waals surface area contributed by atoms with E-state index in [-0.39, 0.29) is 11.6 Å². The van der Waals surface area contributed by atoms with Gasteiger partial charge in [0.25, 0.3) is 5.91 Å². The molecule has 2 aromatic rings. The van der Waals surface area contributed by atoms with E-state index in [2.05, 4.69) is 4.98 Å². The van der Waals surface area contributed by atoms with Gasteiger partial charge in [-0.1, -0.05) is 11.6 Å². The van der Waals surface area contributed by atoms with Gasteiger partial charge in [0.1, 0.15) is 12.4 Å². The van der Waals surface area contributed by atoms with Gasteiger partial charge in [0.2, 0.25) is 0 Å². The monoisotopic (exact) mass is 308 g/mol. The van der Waals surface area contributed by atoms with Crippen molar-refractivity contribution in [2.45, 2.75) is 6.61 Å². The van der Waals surface area contributed by atoms with Crippen molar-refractivity contribution in [3.63, 3.8) is 0 Å². The number of carbonyl (C=O) groups is 1. The third kappa shape index (κ3) is 3.24. The molecule has 0 saturated carbocycles. The summed E-state index contributed by atoms with van der Waals surface area (Å²) in [6.07, 6.45) is 0. The summed E-state index contributed by atoms with van der Waals surface area (Å²) in [5.74, 6) is 5.02. The van der Waals surface area contributed by atoms with Crippen molar-refractivity contribution in [2.75, 3.05) is 0 Å². The van der Waals surface area contributed by atoms with E-state index in [4.69, 9.17) is 27.4 Å². The summed E-state index contributed by atoms with van der Waals surface area (Å²) in [6, 6.07) is 6.72. The fraction of sp³-hybridized carbons (Fsp3) is 0.0833. The summed E-state index contributed by atoms with van der Waals surface area (Å²) in [4.78, 5) is 15.3. The molecule has 8 heteroatoms. The molecule has 0 fully saturated rings. The van der Waals surface area contributed by atoms with Crippen LogP contribution in [0.2, 0.25) is 5.02 Å². The van der Waals surface area contributed by atoms with Gasteiger partial charge in [0.05, 0.1) is 22.3 Å².